The lowest BCUT2D eigenvalue weighted by Crippen LogP contribution is -2.41. The molecular formula is C11H24N2O2. The van der Waals surface area contributed by atoms with Crippen molar-refractivity contribution in [2.45, 2.75) is 52.2 Å². The van der Waals surface area contributed by atoms with E-state index in [4.69, 9.17) is 10.5 Å². The molecule has 0 heterocycles. The molecule has 0 atom stereocenters. The Morgan fingerprint density at radius 1 is 1.40 bits per heavy atom. The summed E-state index contributed by atoms with van der Waals surface area (Å²) in [5.41, 5.74) is 5.06. The van der Waals surface area contributed by atoms with Crippen LogP contribution in [0.3, 0.4) is 0 Å². The number of amides is 1. The van der Waals surface area contributed by atoms with Crippen molar-refractivity contribution in [1.29, 1.82) is 0 Å². The minimum absolute atomic E-state index is 0.0646. The Labute approximate surface area is 92.6 Å². The highest BCUT2D eigenvalue weighted by atomic mass is 16.5. The van der Waals surface area contributed by atoms with E-state index in [0.717, 1.165) is 12.8 Å². The zero-order valence-electron chi connectivity index (χ0n) is 10.3. The minimum atomic E-state index is -0.425. The fraction of sp³-hybridized carbons (Fsp3) is 0.909. The van der Waals surface area contributed by atoms with Crippen molar-refractivity contribution >= 4 is 5.91 Å². The molecule has 0 saturated heterocycles. The summed E-state index contributed by atoms with van der Waals surface area (Å²) in [6.45, 7) is 8.35. The average Bonchev–Trinajstić information content (AvgIpc) is 2.23. The van der Waals surface area contributed by atoms with Gasteiger partial charge in [0.25, 0.3) is 0 Å². The molecule has 90 valence electrons. The topological polar surface area (TPSA) is 64.3 Å². The third kappa shape index (κ3) is 6.47. The van der Waals surface area contributed by atoms with Gasteiger partial charge in [0, 0.05) is 12.6 Å². The molecule has 0 aromatic rings. The van der Waals surface area contributed by atoms with Crippen molar-refractivity contribution in [2.75, 3.05) is 13.2 Å². The van der Waals surface area contributed by atoms with E-state index >= 15 is 0 Å². The Kier molecular flexibility index (Phi) is 6.52. The second kappa shape index (κ2) is 6.80. The molecule has 0 bridgehead atoms. The molecule has 0 radical (unpaired) electrons. The van der Waals surface area contributed by atoms with Crippen LogP contribution in [0.2, 0.25) is 0 Å². The van der Waals surface area contributed by atoms with Crippen LogP contribution in [0.15, 0.2) is 0 Å². The number of carbonyl (C=O) groups excluding carboxylic acids is 1. The van der Waals surface area contributed by atoms with E-state index in [1.54, 1.807) is 0 Å². The summed E-state index contributed by atoms with van der Waals surface area (Å²) in [7, 11) is 0. The molecule has 15 heavy (non-hydrogen) atoms. The van der Waals surface area contributed by atoms with Crippen molar-refractivity contribution in [3.8, 4) is 0 Å². The first-order chi connectivity index (χ1) is 6.95. The molecule has 0 rings (SSSR count). The molecule has 0 aromatic carbocycles. The van der Waals surface area contributed by atoms with E-state index < -0.39 is 5.60 Å². The maximum atomic E-state index is 11.5. The Bertz CT molecular complexity index is 189. The number of carbonyl (C=O) groups is 1. The lowest BCUT2D eigenvalue weighted by molar-refractivity contribution is -0.131. The summed E-state index contributed by atoms with van der Waals surface area (Å²) in [6, 6.07) is 0.252. The monoisotopic (exact) mass is 216 g/mol. The van der Waals surface area contributed by atoms with E-state index in [2.05, 4.69) is 19.2 Å². The zero-order chi connectivity index (χ0) is 11.9. The summed E-state index contributed by atoms with van der Waals surface area (Å²) in [4.78, 5) is 11.5. The highest BCUT2D eigenvalue weighted by molar-refractivity contribution is 5.77. The van der Waals surface area contributed by atoms with Gasteiger partial charge >= 0.3 is 0 Å². The van der Waals surface area contributed by atoms with Gasteiger partial charge in [-0.3, -0.25) is 4.79 Å². The third-order valence-corrected chi connectivity index (χ3v) is 2.44. The van der Waals surface area contributed by atoms with E-state index in [9.17, 15) is 4.79 Å². The van der Waals surface area contributed by atoms with E-state index in [0.29, 0.717) is 6.54 Å². The first-order valence-corrected chi connectivity index (χ1v) is 5.58. The van der Waals surface area contributed by atoms with E-state index in [1.165, 1.54) is 0 Å². The molecule has 0 spiro atoms. The van der Waals surface area contributed by atoms with Gasteiger partial charge in [0.1, 0.15) is 6.61 Å². The maximum Gasteiger partial charge on any atom is 0.246 e. The molecule has 0 aliphatic rings. The normalized spacial score (nSPS) is 11.9. The van der Waals surface area contributed by atoms with Crippen LogP contribution in [-0.2, 0) is 9.53 Å². The summed E-state index contributed by atoms with van der Waals surface area (Å²) >= 11 is 0. The molecule has 4 nitrogen and oxygen atoms in total. The number of rotatable bonds is 7. The van der Waals surface area contributed by atoms with Gasteiger partial charge in [0.2, 0.25) is 5.91 Å². The third-order valence-electron chi connectivity index (χ3n) is 2.44. The molecule has 1 amide bonds. The van der Waals surface area contributed by atoms with E-state index in [-0.39, 0.29) is 18.6 Å². The number of ether oxygens (including phenoxy) is 1. The zero-order valence-corrected chi connectivity index (χ0v) is 10.3. The van der Waals surface area contributed by atoms with Crippen LogP contribution >= 0.6 is 0 Å². The Balaban J connectivity index is 3.84. The predicted molar refractivity (Wildman–Crippen MR) is 61.6 cm³/mol. The Morgan fingerprint density at radius 2 is 1.93 bits per heavy atom. The molecule has 0 aliphatic heterocycles. The van der Waals surface area contributed by atoms with Crippen LogP contribution in [0.5, 0.6) is 0 Å². The SMILES string of the molecule is CCC(CC)NC(=O)COC(C)(C)CN. The van der Waals surface area contributed by atoms with Crippen LogP contribution in [0.1, 0.15) is 40.5 Å². The second-order valence-electron chi connectivity index (χ2n) is 4.33. The number of hydrogen-bond acceptors (Lipinski definition) is 3. The van der Waals surface area contributed by atoms with E-state index in [1.807, 2.05) is 13.8 Å². The van der Waals surface area contributed by atoms with Crippen molar-refractivity contribution in [3.63, 3.8) is 0 Å². The highest BCUT2D eigenvalue weighted by Gasteiger charge is 2.18. The van der Waals surface area contributed by atoms with Crippen molar-refractivity contribution < 1.29 is 9.53 Å². The van der Waals surface area contributed by atoms with Gasteiger partial charge in [-0.05, 0) is 26.7 Å². The molecule has 0 fully saturated rings. The summed E-state index contributed by atoms with van der Waals surface area (Å²) in [5.74, 6) is -0.0646. The van der Waals surface area contributed by atoms with Gasteiger partial charge in [-0.2, -0.15) is 0 Å². The van der Waals surface area contributed by atoms with Gasteiger partial charge < -0.3 is 15.8 Å². The quantitative estimate of drug-likeness (QED) is 0.668. The van der Waals surface area contributed by atoms with Gasteiger partial charge in [-0.15, -0.1) is 0 Å². The second-order valence-corrected chi connectivity index (χ2v) is 4.33. The van der Waals surface area contributed by atoms with Gasteiger partial charge in [-0.1, -0.05) is 13.8 Å². The fourth-order valence-electron chi connectivity index (χ4n) is 1.08. The summed E-state index contributed by atoms with van der Waals surface area (Å²) in [6.07, 6.45) is 1.89. The first kappa shape index (κ1) is 14.4. The van der Waals surface area contributed by atoms with Crippen LogP contribution in [0.25, 0.3) is 0 Å². The van der Waals surface area contributed by atoms with Crippen LogP contribution in [0, 0.1) is 0 Å². The standard InChI is InChI=1S/C11H24N2O2/c1-5-9(6-2)13-10(14)7-15-11(3,4)8-12/h9H,5-8,12H2,1-4H3,(H,13,14). The molecule has 0 aliphatic carbocycles. The largest absolute Gasteiger partial charge is 0.364 e. The molecule has 3 N–H and O–H groups in total. The minimum Gasteiger partial charge on any atom is -0.364 e. The summed E-state index contributed by atoms with van der Waals surface area (Å²) in [5, 5.41) is 2.91. The molecule has 0 unspecified atom stereocenters. The Hall–Kier alpha value is -0.610. The molecule has 0 aromatic heterocycles. The van der Waals surface area contributed by atoms with Crippen molar-refractivity contribution in [1.82, 2.24) is 5.32 Å². The first-order valence-electron chi connectivity index (χ1n) is 5.58. The fourth-order valence-corrected chi connectivity index (χ4v) is 1.08. The van der Waals surface area contributed by atoms with Gasteiger partial charge in [0.05, 0.1) is 5.60 Å². The number of nitrogens with two attached hydrogens (primary N) is 1. The van der Waals surface area contributed by atoms with Crippen LogP contribution in [0.4, 0.5) is 0 Å². The van der Waals surface area contributed by atoms with Crippen LogP contribution in [-0.4, -0.2) is 30.7 Å². The van der Waals surface area contributed by atoms with Gasteiger partial charge in [-0.25, -0.2) is 0 Å². The maximum absolute atomic E-state index is 11.5. The van der Waals surface area contributed by atoms with Crippen molar-refractivity contribution in [3.05, 3.63) is 0 Å². The summed E-state index contributed by atoms with van der Waals surface area (Å²) < 4.78 is 5.39. The predicted octanol–water partition coefficient (Wildman–Crippen LogP) is 1.05. The molecular weight excluding hydrogens is 192 g/mol. The molecule has 0 saturated carbocycles. The van der Waals surface area contributed by atoms with Crippen LogP contribution < -0.4 is 11.1 Å². The Morgan fingerprint density at radius 3 is 2.33 bits per heavy atom. The lowest BCUT2D eigenvalue weighted by atomic mass is 10.1. The highest BCUT2D eigenvalue weighted by Crippen LogP contribution is 2.05. The number of nitrogens with one attached hydrogen (secondary N) is 1. The number of hydrogen-bond donors (Lipinski definition) is 2. The smallest absolute Gasteiger partial charge is 0.246 e. The molecule has 4 heteroatoms. The van der Waals surface area contributed by atoms with Gasteiger partial charge in [0.15, 0.2) is 0 Å². The van der Waals surface area contributed by atoms with Crippen molar-refractivity contribution in [2.24, 2.45) is 5.73 Å². The average molecular weight is 216 g/mol. The lowest BCUT2D eigenvalue weighted by Gasteiger charge is -2.23.